The van der Waals surface area contributed by atoms with Gasteiger partial charge in [-0.1, -0.05) is 71.6 Å². The summed E-state index contributed by atoms with van der Waals surface area (Å²) in [6.45, 7) is 5.31. The first-order chi connectivity index (χ1) is 18.4. The number of benzene rings is 3. The van der Waals surface area contributed by atoms with E-state index in [2.05, 4.69) is 5.32 Å². The van der Waals surface area contributed by atoms with E-state index in [1.54, 1.807) is 43.3 Å². The minimum atomic E-state index is -4.20. The number of nitrogens with one attached hydrogen (secondary N) is 1. The summed E-state index contributed by atoms with van der Waals surface area (Å²) in [7, 11) is -4.20. The zero-order valence-corrected chi connectivity index (χ0v) is 24.9. The van der Waals surface area contributed by atoms with Gasteiger partial charge >= 0.3 is 0 Å². The summed E-state index contributed by atoms with van der Waals surface area (Å²) < 4.78 is 28.6. The molecule has 0 radical (unpaired) electrons. The molecule has 3 rings (SSSR count). The van der Waals surface area contributed by atoms with Gasteiger partial charge in [0.25, 0.3) is 10.0 Å². The molecule has 0 aliphatic heterocycles. The van der Waals surface area contributed by atoms with Gasteiger partial charge < -0.3 is 10.2 Å². The summed E-state index contributed by atoms with van der Waals surface area (Å²) in [5.41, 5.74) is 1.77. The van der Waals surface area contributed by atoms with E-state index in [0.29, 0.717) is 11.6 Å². The highest BCUT2D eigenvalue weighted by molar-refractivity contribution is 7.92. The van der Waals surface area contributed by atoms with Gasteiger partial charge in [0.15, 0.2) is 0 Å². The number of hydrogen-bond donors (Lipinski definition) is 1. The van der Waals surface area contributed by atoms with Crippen molar-refractivity contribution in [2.24, 2.45) is 0 Å². The Kier molecular flexibility index (Phi) is 10.7. The van der Waals surface area contributed by atoms with Crippen LogP contribution in [0, 0.1) is 6.92 Å². The summed E-state index contributed by atoms with van der Waals surface area (Å²) in [5, 5.41) is 3.71. The Labute approximate surface area is 244 Å². The van der Waals surface area contributed by atoms with Gasteiger partial charge in [-0.25, -0.2) is 8.42 Å². The molecule has 0 bridgehead atoms. The van der Waals surface area contributed by atoms with Crippen molar-refractivity contribution in [3.8, 4) is 0 Å². The summed E-state index contributed by atoms with van der Waals surface area (Å²) in [6.07, 6.45) is 0.726. The predicted octanol–water partition coefficient (Wildman–Crippen LogP) is 6.09. The van der Waals surface area contributed by atoms with Crippen LogP contribution < -0.4 is 9.62 Å². The molecule has 0 fully saturated rings. The van der Waals surface area contributed by atoms with Crippen LogP contribution in [0.25, 0.3) is 0 Å². The normalized spacial score (nSPS) is 12.1. The second-order valence-corrected chi connectivity index (χ2v) is 12.2. The SMILES string of the molecule is CCCNC(=O)[C@@H](C)N(Cc1ccc(Cl)cc1)C(=O)CN(c1ccc(Cl)c(Cl)c1)S(=O)(=O)c1ccc(C)cc1. The van der Waals surface area contributed by atoms with Gasteiger partial charge in [0.2, 0.25) is 11.8 Å². The van der Waals surface area contributed by atoms with Crippen LogP contribution in [-0.2, 0) is 26.2 Å². The number of rotatable bonds is 11. The summed E-state index contributed by atoms with van der Waals surface area (Å²) in [6, 6.07) is 16.6. The van der Waals surface area contributed by atoms with Gasteiger partial charge in [0.1, 0.15) is 12.6 Å². The highest BCUT2D eigenvalue weighted by atomic mass is 35.5. The van der Waals surface area contributed by atoms with E-state index in [1.807, 2.05) is 13.8 Å². The fourth-order valence-electron chi connectivity index (χ4n) is 3.77. The molecule has 0 unspecified atom stereocenters. The minimum absolute atomic E-state index is 0.00459. The highest BCUT2D eigenvalue weighted by Gasteiger charge is 2.32. The number of sulfonamides is 1. The fraction of sp³-hybridized carbons (Fsp3) is 0.286. The Hall–Kier alpha value is -2.78. The Bertz CT molecular complexity index is 1410. The lowest BCUT2D eigenvalue weighted by Gasteiger charge is -2.32. The molecule has 39 heavy (non-hydrogen) atoms. The van der Waals surface area contributed by atoms with E-state index in [0.717, 1.165) is 21.9 Å². The van der Waals surface area contributed by atoms with Crippen LogP contribution in [0.1, 0.15) is 31.4 Å². The molecule has 0 aromatic heterocycles. The van der Waals surface area contributed by atoms with Crippen molar-refractivity contribution in [1.82, 2.24) is 10.2 Å². The molecule has 0 aliphatic rings. The molecule has 11 heteroatoms. The number of carbonyl (C=O) groups excluding carboxylic acids is 2. The number of hydrogen-bond acceptors (Lipinski definition) is 4. The van der Waals surface area contributed by atoms with Gasteiger partial charge in [-0.15, -0.1) is 0 Å². The molecule has 208 valence electrons. The van der Waals surface area contributed by atoms with Crippen LogP contribution in [0.4, 0.5) is 5.69 Å². The van der Waals surface area contributed by atoms with Crippen LogP contribution in [0.15, 0.2) is 71.6 Å². The van der Waals surface area contributed by atoms with Gasteiger partial charge in [0.05, 0.1) is 20.6 Å². The maximum Gasteiger partial charge on any atom is 0.264 e. The molecule has 2 amide bonds. The second kappa shape index (κ2) is 13.5. The second-order valence-electron chi connectivity index (χ2n) is 9.04. The van der Waals surface area contributed by atoms with E-state index in [-0.39, 0.29) is 33.1 Å². The zero-order chi connectivity index (χ0) is 28.7. The van der Waals surface area contributed by atoms with Crippen LogP contribution in [0.3, 0.4) is 0 Å². The minimum Gasteiger partial charge on any atom is -0.354 e. The van der Waals surface area contributed by atoms with E-state index in [1.165, 1.54) is 35.2 Å². The van der Waals surface area contributed by atoms with Gasteiger partial charge in [0, 0.05) is 18.1 Å². The third kappa shape index (κ3) is 7.88. The van der Waals surface area contributed by atoms with Crippen molar-refractivity contribution in [1.29, 1.82) is 0 Å². The molecular weight excluding hydrogens is 581 g/mol. The maximum absolute atomic E-state index is 13.9. The Balaban J connectivity index is 2.04. The van der Waals surface area contributed by atoms with Crippen molar-refractivity contribution in [2.45, 2.75) is 44.7 Å². The van der Waals surface area contributed by atoms with Crippen LogP contribution in [0.2, 0.25) is 15.1 Å². The molecule has 7 nitrogen and oxygen atoms in total. The number of carbonyl (C=O) groups is 2. The Morgan fingerprint density at radius 2 is 1.56 bits per heavy atom. The van der Waals surface area contributed by atoms with Crippen molar-refractivity contribution in [3.63, 3.8) is 0 Å². The van der Waals surface area contributed by atoms with E-state index in [4.69, 9.17) is 34.8 Å². The number of amides is 2. The van der Waals surface area contributed by atoms with Crippen molar-refractivity contribution in [3.05, 3.63) is 92.9 Å². The van der Waals surface area contributed by atoms with Crippen molar-refractivity contribution >= 4 is 62.3 Å². The summed E-state index contributed by atoms with van der Waals surface area (Å²) in [4.78, 5) is 28.1. The predicted molar refractivity (Wildman–Crippen MR) is 157 cm³/mol. The maximum atomic E-state index is 13.9. The monoisotopic (exact) mass is 609 g/mol. The average molecular weight is 611 g/mol. The quantitative estimate of drug-likeness (QED) is 0.285. The number of anilines is 1. The number of nitrogens with zero attached hydrogens (tertiary/aromatic N) is 2. The lowest BCUT2D eigenvalue weighted by atomic mass is 10.1. The molecule has 0 saturated carbocycles. The first kappa shape index (κ1) is 30.8. The van der Waals surface area contributed by atoms with Crippen LogP contribution >= 0.6 is 34.8 Å². The fourth-order valence-corrected chi connectivity index (χ4v) is 5.60. The molecule has 0 saturated heterocycles. The van der Waals surface area contributed by atoms with Crippen molar-refractivity contribution < 1.29 is 18.0 Å². The standard InChI is InChI=1S/C28H30Cl3N3O4S/c1-4-15-32-28(36)20(3)33(17-21-7-9-22(29)10-8-21)27(35)18-34(23-11-14-25(30)26(31)16-23)39(37,38)24-12-5-19(2)6-13-24/h5-14,16,20H,4,15,17-18H2,1-3H3,(H,32,36)/t20-/m1/s1. The average Bonchev–Trinajstić information content (AvgIpc) is 2.91. The third-order valence-corrected chi connectivity index (χ3v) is 8.84. The molecule has 3 aromatic carbocycles. The lowest BCUT2D eigenvalue weighted by molar-refractivity contribution is -0.139. The lowest BCUT2D eigenvalue weighted by Crippen LogP contribution is -2.51. The molecule has 1 atom stereocenters. The molecule has 0 aliphatic carbocycles. The molecule has 0 heterocycles. The van der Waals surface area contributed by atoms with Crippen LogP contribution in [-0.4, -0.2) is 44.3 Å². The summed E-state index contributed by atoms with van der Waals surface area (Å²) >= 11 is 18.3. The van der Waals surface area contributed by atoms with Crippen LogP contribution in [0.5, 0.6) is 0 Å². The first-order valence-corrected chi connectivity index (χ1v) is 14.9. The molecular formula is C28H30Cl3N3O4S. The number of halogens is 3. The van der Waals surface area contributed by atoms with Gasteiger partial charge in [-0.3, -0.25) is 13.9 Å². The Morgan fingerprint density at radius 1 is 0.923 bits per heavy atom. The first-order valence-electron chi connectivity index (χ1n) is 12.3. The van der Waals surface area contributed by atoms with E-state index >= 15 is 0 Å². The van der Waals surface area contributed by atoms with Crippen molar-refractivity contribution in [2.75, 3.05) is 17.4 Å². The van der Waals surface area contributed by atoms with E-state index in [9.17, 15) is 18.0 Å². The molecule has 1 N–H and O–H groups in total. The smallest absolute Gasteiger partial charge is 0.264 e. The van der Waals surface area contributed by atoms with Gasteiger partial charge in [-0.2, -0.15) is 0 Å². The highest BCUT2D eigenvalue weighted by Crippen LogP contribution is 2.31. The topological polar surface area (TPSA) is 86.8 Å². The van der Waals surface area contributed by atoms with E-state index < -0.39 is 28.5 Å². The molecule has 3 aromatic rings. The summed E-state index contributed by atoms with van der Waals surface area (Å²) in [5.74, 6) is -0.924. The Morgan fingerprint density at radius 3 is 2.15 bits per heavy atom. The van der Waals surface area contributed by atoms with Gasteiger partial charge in [-0.05, 0) is 68.3 Å². The third-order valence-electron chi connectivity index (χ3n) is 6.06. The number of aryl methyl sites for hydroxylation is 1. The zero-order valence-electron chi connectivity index (χ0n) is 21.8. The largest absolute Gasteiger partial charge is 0.354 e. The molecule has 0 spiro atoms.